The number of ether oxygens (including phenoxy) is 2. The molecule has 0 saturated carbocycles. The van der Waals surface area contributed by atoms with Gasteiger partial charge in [-0.15, -0.1) is 0 Å². The summed E-state index contributed by atoms with van der Waals surface area (Å²) >= 11 is 0. The number of methoxy groups -OCH3 is 2. The van der Waals surface area contributed by atoms with E-state index in [1.54, 1.807) is 14.2 Å². The number of benzene rings is 2. The van der Waals surface area contributed by atoms with Gasteiger partial charge >= 0.3 is 0 Å². The highest BCUT2D eigenvalue weighted by molar-refractivity contribution is 5.66. The lowest BCUT2D eigenvalue weighted by Crippen LogP contribution is -2.35. The first-order valence-corrected chi connectivity index (χ1v) is 10.8. The fraction of sp³-hybridized carbons (Fsp3) is 0.240. The van der Waals surface area contributed by atoms with Gasteiger partial charge in [0.2, 0.25) is 0 Å². The maximum absolute atomic E-state index is 12.9. The maximum atomic E-state index is 12.9. The van der Waals surface area contributed by atoms with E-state index in [9.17, 15) is 4.79 Å². The smallest absolute Gasteiger partial charge is 0.255 e. The summed E-state index contributed by atoms with van der Waals surface area (Å²) in [4.78, 5) is 22.8. The fourth-order valence-electron chi connectivity index (χ4n) is 4.26. The van der Waals surface area contributed by atoms with Crippen molar-refractivity contribution >= 4 is 0 Å². The molecule has 8 heteroatoms. The molecule has 1 aliphatic heterocycles. The SMILES string of the molecule is COc1ccc(-c2[nH]ncc2CN2CCc3nc(-c4ccccc4)[nH]c(=O)c3C2)cc1OC. The molecule has 0 bridgehead atoms. The zero-order valence-electron chi connectivity index (χ0n) is 18.6. The standard InChI is InChI=1S/C25H25N5O3/c1-32-21-9-8-17(12-22(21)33-2)23-18(13-26-29-23)14-30-11-10-20-19(15-30)25(31)28-24(27-20)16-6-4-3-5-7-16/h3-9,12-13H,10-11,14-15H2,1-2H3,(H,26,29)(H,27,28,31). The minimum absolute atomic E-state index is 0.0733. The molecule has 33 heavy (non-hydrogen) atoms. The van der Waals surface area contributed by atoms with E-state index in [1.165, 1.54) is 0 Å². The Hall–Kier alpha value is -3.91. The Labute approximate surface area is 191 Å². The molecule has 168 valence electrons. The number of fused-ring (bicyclic) bond motifs is 1. The van der Waals surface area contributed by atoms with E-state index < -0.39 is 0 Å². The monoisotopic (exact) mass is 443 g/mol. The van der Waals surface area contributed by atoms with Crippen LogP contribution in [0, 0.1) is 0 Å². The normalized spacial score (nSPS) is 13.5. The third-order valence-corrected chi connectivity index (χ3v) is 5.98. The van der Waals surface area contributed by atoms with Crippen LogP contribution < -0.4 is 15.0 Å². The number of nitrogens with zero attached hydrogens (tertiary/aromatic N) is 3. The van der Waals surface area contributed by atoms with Crippen LogP contribution in [0.3, 0.4) is 0 Å². The first-order valence-electron chi connectivity index (χ1n) is 10.8. The highest BCUT2D eigenvalue weighted by Gasteiger charge is 2.23. The molecular weight excluding hydrogens is 418 g/mol. The van der Waals surface area contributed by atoms with Crippen LogP contribution in [-0.4, -0.2) is 45.8 Å². The van der Waals surface area contributed by atoms with Crippen LogP contribution in [0.15, 0.2) is 59.5 Å². The molecular formula is C25H25N5O3. The number of H-pyrrole nitrogens is 2. The molecule has 0 atom stereocenters. The molecule has 2 aromatic heterocycles. The summed E-state index contributed by atoms with van der Waals surface area (Å²) in [7, 11) is 3.24. The number of aromatic amines is 2. The molecule has 0 aliphatic carbocycles. The van der Waals surface area contributed by atoms with Crippen molar-refractivity contribution in [3.63, 3.8) is 0 Å². The van der Waals surface area contributed by atoms with E-state index in [-0.39, 0.29) is 5.56 Å². The van der Waals surface area contributed by atoms with Gasteiger partial charge in [-0.3, -0.25) is 14.8 Å². The summed E-state index contributed by atoms with van der Waals surface area (Å²) in [5.74, 6) is 1.96. The van der Waals surface area contributed by atoms with Crippen LogP contribution in [0.25, 0.3) is 22.6 Å². The largest absolute Gasteiger partial charge is 0.493 e. The molecule has 0 amide bonds. The molecule has 3 heterocycles. The van der Waals surface area contributed by atoms with Crippen LogP contribution in [-0.2, 0) is 19.5 Å². The zero-order valence-corrected chi connectivity index (χ0v) is 18.6. The van der Waals surface area contributed by atoms with Crippen molar-refractivity contribution in [2.75, 3.05) is 20.8 Å². The van der Waals surface area contributed by atoms with Crippen molar-refractivity contribution in [1.29, 1.82) is 0 Å². The summed E-state index contributed by atoms with van der Waals surface area (Å²) in [5.41, 5.74) is 5.39. The van der Waals surface area contributed by atoms with Gasteiger partial charge in [-0.1, -0.05) is 30.3 Å². The van der Waals surface area contributed by atoms with Gasteiger partial charge in [0.25, 0.3) is 5.56 Å². The van der Waals surface area contributed by atoms with Crippen molar-refractivity contribution in [3.8, 4) is 34.1 Å². The minimum Gasteiger partial charge on any atom is -0.493 e. The van der Waals surface area contributed by atoms with Gasteiger partial charge in [-0.2, -0.15) is 5.10 Å². The van der Waals surface area contributed by atoms with Gasteiger partial charge in [-0.25, -0.2) is 4.98 Å². The van der Waals surface area contributed by atoms with Gasteiger partial charge in [0, 0.05) is 42.7 Å². The van der Waals surface area contributed by atoms with Crippen molar-refractivity contribution in [1.82, 2.24) is 25.1 Å². The number of hydrogen-bond acceptors (Lipinski definition) is 6. The van der Waals surface area contributed by atoms with Crippen molar-refractivity contribution < 1.29 is 9.47 Å². The van der Waals surface area contributed by atoms with E-state index in [0.29, 0.717) is 30.4 Å². The number of hydrogen-bond donors (Lipinski definition) is 2. The van der Waals surface area contributed by atoms with E-state index >= 15 is 0 Å². The van der Waals surface area contributed by atoms with Gasteiger partial charge < -0.3 is 14.5 Å². The molecule has 4 aromatic rings. The lowest BCUT2D eigenvalue weighted by molar-refractivity contribution is 0.242. The topological polar surface area (TPSA) is 96.1 Å². The Morgan fingerprint density at radius 1 is 1.03 bits per heavy atom. The Balaban J connectivity index is 1.38. The van der Waals surface area contributed by atoms with E-state index in [1.807, 2.05) is 54.7 Å². The lowest BCUT2D eigenvalue weighted by atomic mass is 10.0. The second kappa shape index (κ2) is 8.91. The van der Waals surface area contributed by atoms with Crippen LogP contribution in [0.5, 0.6) is 11.5 Å². The molecule has 0 fully saturated rings. The molecule has 0 saturated heterocycles. The lowest BCUT2D eigenvalue weighted by Gasteiger charge is -2.27. The summed E-state index contributed by atoms with van der Waals surface area (Å²) in [6.45, 7) is 2.02. The molecule has 2 aromatic carbocycles. The Morgan fingerprint density at radius 2 is 1.85 bits per heavy atom. The minimum atomic E-state index is -0.0733. The Morgan fingerprint density at radius 3 is 2.64 bits per heavy atom. The molecule has 8 nitrogen and oxygen atoms in total. The molecule has 0 spiro atoms. The quantitative estimate of drug-likeness (QED) is 0.474. The number of aromatic nitrogens is 4. The van der Waals surface area contributed by atoms with E-state index in [0.717, 1.165) is 46.6 Å². The van der Waals surface area contributed by atoms with Crippen LogP contribution in [0.4, 0.5) is 0 Å². The molecule has 0 unspecified atom stereocenters. The highest BCUT2D eigenvalue weighted by Crippen LogP contribution is 2.33. The fourth-order valence-corrected chi connectivity index (χ4v) is 4.26. The van der Waals surface area contributed by atoms with Gasteiger partial charge in [-0.05, 0) is 18.2 Å². The summed E-state index contributed by atoms with van der Waals surface area (Å²) in [6, 6.07) is 15.5. The Bertz CT molecular complexity index is 1330. The first-order chi connectivity index (χ1) is 16.2. The van der Waals surface area contributed by atoms with Gasteiger partial charge in [0.05, 0.1) is 37.4 Å². The third kappa shape index (κ3) is 4.12. The molecule has 1 aliphatic rings. The van der Waals surface area contributed by atoms with Crippen molar-refractivity contribution in [3.05, 3.63) is 81.9 Å². The highest BCUT2D eigenvalue weighted by atomic mass is 16.5. The predicted molar refractivity (Wildman–Crippen MR) is 125 cm³/mol. The number of rotatable bonds is 6. The molecule has 0 radical (unpaired) electrons. The second-order valence-corrected chi connectivity index (χ2v) is 8.01. The summed E-state index contributed by atoms with van der Waals surface area (Å²) < 4.78 is 10.8. The third-order valence-electron chi connectivity index (χ3n) is 5.98. The molecule has 2 N–H and O–H groups in total. The zero-order chi connectivity index (χ0) is 22.8. The molecule has 5 rings (SSSR count). The van der Waals surface area contributed by atoms with Gasteiger partial charge in [0.1, 0.15) is 5.82 Å². The van der Waals surface area contributed by atoms with E-state index in [4.69, 9.17) is 14.5 Å². The average Bonchev–Trinajstić information content (AvgIpc) is 3.32. The average molecular weight is 444 g/mol. The van der Waals surface area contributed by atoms with Crippen LogP contribution in [0.2, 0.25) is 0 Å². The summed E-state index contributed by atoms with van der Waals surface area (Å²) in [5, 5.41) is 7.37. The number of nitrogens with one attached hydrogen (secondary N) is 2. The van der Waals surface area contributed by atoms with Crippen molar-refractivity contribution in [2.45, 2.75) is 19.5 Å². The van der Waals surface area contributed by atoms with Crippen LogP contribution >= 0.6 is 0 Å². The Kier molecular flexibility index (Phi) is 5.66. The van der Waals surface area contributed by atoms with E-state index in [2.05, 4.69) is 20.1 Å². The first kappa shape index (κ1) is 21.0. The van der Waals surface area contributed by atoms with Crippen molar-refractivity contribution in [2.24, 2.45) is 0 Å². The van der Waals surface area contributed by atoms with Gasteiger partial charge in [0.15, 0.2) is 11.5 Å². The second-order valence-electron chi connectivity index (χ2n) is 8.01. The van der Waals surface area contributed by atoms with Crippen LogP contribution in [0.1, 0.15) is 16.8 Å². The maximum Gasteiger partial charge on any atom is 0.255 e. The predicted octanol–water partition coefficient (Wildman–Crippen LogP) is 3.40. The summed E-state index contributed by atoms with van der Waals surface area (Å²) in [6.07, 6.45) is 2.56.